The monoisotopic (exact) mass is 341 g/mol. The second-order valence-electron chi connectivity index (χ2n) is 5.94. The molecule has 0 aliphatic carbocycles. The van der Waals surface area contributed by atoms with Gasteiger partial charge in [-0.1, -0.05) is 18.2 Å². The zero-order valence-corrected chi connectivity index (χ0v) is 13.7. The third kappa shape index (κ3) is 3.28. The van der Waals surface area contributed by atoms with Gasteiger partial charge in [-0.05, 0) is 35.4 Å². The number of nitrogens with zero attached hydrogens (tertiary/aromatic N) is 1. The molecule has 8 nitrogen and oxygen atoms in total. The summed E-state index contributed by atoms with van der Waals surface area (Å²) in [4.78, 5) is 14.3. The molecular weight excluding hydrogens is 322 g/mol. The Bertz CT molecular complexity index is 774. The number of carbonyl (C=O) groups excluding carboxylic acids is 1. The van der Waals surface area contributed by atoms with E-state index in [4.69, 9.17) is 9.47 Å². The lowest BCUT2D eigenvalue weighted by Gasteiger charge is -2.18. The van der Waals surface area contributed by atoms with Gasteiger partial charge >= 0.3 is 0 Å². The Morgan fingerprint density at radius 1 is 1.08 bits per heavy atom. The van der Waals surface area contributed by atoms with Crippen LogP contribution >= 0.6 is 0 Å². The number of ether oxygens (including phenoxy) is 2. The maximum Gasteiger partial charge on any atom is 0.253 e. The van der Waals surface area contributed by atoms with Gasteiger partial charge in [0.25, 0.3) is 5.91 Å². The van der Waals surface area contributed by atoms with Gasteiger partial charge in [-0.3, -0.25) is 4.79 Å². The molecule has 0 saturated carbocycles. The zero-order valence-electron chi connectivity index (χ0n) is 13.7. The second-order valence-corrected chi connectivity index (χ2v) is 5.94. The van der Waals surface area contributed by atoms with Crippen LogP contribution in [0.4, 0.5) is 0 Å². The number of hydrogen-bond acceptors (Lipinski definition) is 7. The Hall–Kier alpha value is -2.65. The molecule has 0 bridgehead atoms. The second kappa shape index (κ2) is 6.69. The average molecular weight is 341 g/mol. The first-order valence-corrected chi connectivity index (χ1v) is 7.96. The van der Waals surface area contributed by atoms with Crippen molar-refractivity contribution >= 4 is 5.91 Å². The number of hydrazine groups is 3. The van der Waals surface area contributed by atoms with Crippen molar-refractivity contribution in [1.82, 2.24) is 26.8 Å². The highest BCUT2D eigenvalue weighted by molar-refractivity contribution is 5.94. The van der Waals surface area contributed by atoms with Crippen LogP contribution in [0.1, 0.15) is 27.7 Å². The number of rotatable bonds is 4. The van der Waals surface area contributed by atoms with E-state index in [1.807, 2.05) is 42.5 Å². The molecule has 2 aliphatic rings. The highest BCUT2D eigenvalue weighted by atomic mass is 16.7. The van der Waals surface area contributed by atoms with Crippen molar-refractivity contribution in [2.75, 3.05) is 13.8 Å². The molecule has 0 spiro atoms. The van der Waals surface area contributed by atoms with Crippen LogP contribution in [-0.4, -0.2) is 24.6 Å². The van der Waals surface area contributed by atoms with Crippen molar-refractivity contribution in [3.63, 3.8) is 0 Å². The molecule has 2 aliphatic heterocycles. The van der Waals surface area contributed by atoms with Gasteiger partial charge in [0.15, 0.2) is 11.5 Å². The third-order valence-electron chi connectivity index (χ3n) is 4.19. The first-order chi connectivity index (χ1) is 12.2. The third-order valence-corrected chi connectivity index (χ3v) is 4.19. The minimum Gasteiger partial charge on any atom is -0.454 e. The Morgan fingerprint density at radius 2 is 1.80 bits per heavy atom. The highest BCUT2D eigenvalue weighted by Gasteiger charge is 2.18. The number of carbonyl (C=O) groups is 1. The fourth-order valence-electron chi connectivity index (χ4n) is 2.84. The van der Waals surface area contributed by atoms with Crippen LogP contribution in [0.5, 0.6) is 11.5 Å². The van der Waals surface area contributed by atoms with Crippen LogP contribution < -0.4 is 31.4 Å². The van der Waals surface area contributed by atoms with Crippen molar-refractivity contribution in [3.8, 4) is 11.5 Å². The first kappa shape index (κ1) is 15.9. The van der Waals surface area contributed by atoms with Gasteiger partial charge in [-0.2, -0.15) is 11.1 Å². The fraction of sp³-hybridized carbons (Fsp3) is 0.235. The molecule has 8 heteroatoms. The lowest BCUT2D eigenvalue weighted by molar-refractivity contribution is 0.0785. The largest absolute Gasteiger partial charge is 0.454 e. The molecule has 0 atom stereocenters. The van der Waals surface area contributed by atoms with E-state index in [0.717, 1.165) is 22.6 Å². The summed E-state index contributed by atoms with van der Waals surface area (Å²) in [5, 5.41) is 0. The first-order valence-electron chi connectivity index (χ1n) is 7.96. The summed E-state index contributed by atoms with van der Waals surface area (Å²) < 4.78 is 10.7. The molecule has 4 N–H and O–H groups in total. The number of amides is 1. The van der Waals surface area contributed by atoms with E-state index in [9.17, 15) is 4.79 Å². The topological polar surface area (TPSA) is 86.9 Å². The minimum atomic E-state index is -0.0458. The van der Waals surface area contributed by atoms with Crippen LogP contribution in [0.2, 0.25) is 0 Å². The maximum atomic E-state index is 12.6. The predicted octanol–water partition coefficient (Wildman–Crippen LogP) is 0.803. The molecule has 0 radical (unpaired) electrons. The lowest BCUT2D eigenvalue weighted by atomic mass is 10.1. The number of nitrogens with one attached hydrogen (secondary N) is 4. The van der Waals surface area contributed by atoms with Gasteiger partial charge in [0.05, 0.1) is 0 Å². The van der Waals surface area contributed by atoms with Gasteiger partial charge in [-0.15, -0.1) is 0 Å². The summed E-state index contributed by atoms with van der Waals surface area (Å²) >= 11 is 0. The van der Waals surface area contributed by atoms with E-state index in [1.165, 1.54) is 0 Å². The van der Waals surface area contributed by atoms with E-state index < -0.39 is 0 Å². The summed E-state index contributed by atoms with van der Waals surface area (Å²) in [5.41, 5.74) is 14.2. The maximum absolute atomic E-state index is 12.6. The van der Waals surface area contributed by atoms with Crippen molar-refractivity contribution in [2.24, 2.45) is 0 Å². The molecule has 130 valence electrons. The normalized spacial score (nSPS) is 16.2. The number of fused-ring (bicyclic) bond motifs is 1. The van der Waals surface area contributed by atoms with Gasteiger partial charge in [0, 0.05) is 19.2 Å². The molecule has 0 aromatic heterocycles. The quantitative estimate of drug-likeness (QED) is 0.654. The van der Waals surface area contributed by atoms with E-state index in [-0.39, 0.29) is 18.9 Å². The van der Waals surface area contributed by atoms with Gasteiger partial charge in [0.2, 0.25) is 6.79 Å². The molecule has 4 rings (SSSR count). The van der Waals surface area contributed by atoms with Crippen LogP contribution in [0, 0.1) is 0 Å². The van der Waals surface area contributed by atoms with Crippen molar-refractivity contribution in [1.29, 1.82) is 0 Å². The fourth-order valence-corrected chi connectivity index (χ4v) is 2.84. The van der Waals surface area contributed by atoms with Crippen molar-refractivity contribution in [3.05, 3.63) is 59.2 Å². The van der Waals surface area contributed by atoms with Crippen molar-refractivity contribution in [2.45, 2.75) is 12.7 Å². The molecule has 0 unspecified atom stereocenters. The highest BCUT2D eigenvalue weighted by Crippen LogP contribution is 2.32. The van der Waals surface area contributed by atoms with Crippen LogP contribution in [0.15, 0.2) is 42.5 Å². The Labute approximate surface area is 145 Å². The molecule has 1 saturated heterocycles. The van der Waals surface area contributed by atoms with E-state index in [1.54, 1.807) is 11.9 Å². The van der Waals surface area contributed by atoms with Crippen LogP contribution in [-0.2, 0) is 6.54 Å². The molecule has 2 heterocycles. The van der Waals surface area contributed by atoms with Gasteiger partial charge in [-0.25, -0.2) is 10.9 Å². The van der Waals surface area contributed by atoms with Crippen LogP contribution in [0.3, 0.4) is 0 Å². The van der Waals surface area contributed by atoms with E-state index in [0.29, 0.717) is 12.1 Å². The van der Waals surface area contributed by atoms with E-state index in [2.05, 4.69) is 21.9 Å². The smallest absolute Gasteiger partial charge is 0.253 e. The van der Waals surface area contributed by atoms with E-state index >= 15 is 0 Å². The Balaban J connectivity index is 1.43. The Morgan fingerprint density at radius 3 is 2.56 bits per heavy atom. The summed E-state index contributed by atoms with van der Waals surface area (Å²) in [7, 11) is 1.79. The predicted molar refractivity (Wildman–Crippen MR) is 90.1 cm³/mol. The molecule has 1 amide bonds. The molecule has 25 heavy (non-hydrogen) atoms. The summed E-state index contributed by atoms with van der Waals surface area (Å²) in [6.07, 6.45) is -0.0458. The Kier molecular flexibility index (Phi) is 4.24. The lowest BCUT2D eigenvalue weighted by Crippen LogP contribution is -2.33. The molecular formula is C17H19N5O3. The summed E-state index contributed by atoms with van der Waals surface area (Å²) in [6, 6.07) is 13.2. The zero-order chi connectivity index (χ0) is 17.2. The van der Waals surface area contributed by atoms with Gasteiger partial charge in [0.1, 0.15) is 6.17 Å². The number of benzene rings is 2. The summed E-state index contributed by atoms with van der Waals surface area (Å²) in [5.74, 6) is 1.43. The SMILES string of the molecule is CN(Cc1ccc2c(c1)OCO2)C(=O)c1ccc(C2NNNN2)cc1. The number of hydrogen-bond donors (Lipinski definition) is 4. The standard InChI is InChI=1S/C17H19N5O3/c1-22(9-11-2-7-14-15(8-11)25-10-24-14)17(23)13-5-3-12(4-6-13)16-18-20-21-19-16/h2-8,16,18-21H,9-10H2,1H3. The molecule has 2 aromatic rings. The van der Waals surface area contributed by atoms with Gasteiger partial charge < -0.3 is 14.4 Å². The van der Waals surface area contributed by atoms with Crippen molar-refractivity contribution < 1.29 is 14.3 Å². The molecule has 1 fully saturated rings. The minimum absolute atomic E-state index is 0.0344. The molecule has 2 aromatic carbocycles. The average Bonchev–Trinajstić information content (AvgIpc) is 3.32. The van der Waals surface area contributed by atoms with Crippen LogP contribution in [0.25, 0.3) is 0 Å². The summed E-state index contributed by atoms with van der Waals surface area (Å²) in [6.45, 7) is 0.743.